The Morgan fingerprint density at radius 1 is 1.23 bits per heavy atom. The van der Waals surface area contributed by atoms with Crippen LogP contribution in [0.25, 0.3) is 5.65 Å². The number of anilines is 2. The van der Waals surface area contributed by atoms with Gasteiger partial charge in [-0.15, -0.1) is 0 Å². The van der Waals surface area contributed by atoms with Crippen molar-refractivity contribution in [2.75, 3.05) is 23.4 Å². The Morgan fingerprint density at radius 3 is 2.90 bits per heavy atom. The Kier molecular flexibility index (Phi) is 5.08. The third-order valence-corrected chi connectivity index (χ3v) is 6.05. The number of amides is 1. The number of carbonyl (C=O) groups is 1. The van der Waals surface area contributed by atoms with E-state index in [0.717, 1.165) is 62.1 Å². The maximum atomic E-state index is 12.8. The molecule has 0 bridgehead atoms. The van der Waals surface area contributed by atoms with Crippen LogP contribution in [0.2, 0.25) is 0 Å². The molecule has 8 nitrogen and oxygen atoms in total. The molecule has 3 aromatic heterocycles. The predicted octanol–water partition coefficient (Wildman–Crippen LogP) is 3.00. The topological polar surface area (TPSA) is 95.7 Å². The van der Waals surface area contributed by atoms with Crippen molar-refractivity contribution in [2.45, 2.75) is 50.5 Å². The number of carbonyl (C=O) groups excluding carboxylic acids is 1. The zero-order chi connectivity index (χ0) is 20.5. The Labute approximate surface area is 175 Å². The lowest BCUT2D eigenvalue weighted by Crippen LogP contribution is -2.40. The molecule has 2 aliphatic rings. The molecule has 3 aromatic rings. The third-order valence-electron chi connectivity index (χ3n) is 6.05. The Morgan fingerprint density at radius 2 is 2.13 bits per heavy atom. The van der Waals surface area contributed by atoms with Gasteiger partial charge in [-0.25, -0.2) is 4.98 Å². The van der Waals surface area contributed by atoms with E-state index < -0.39 is 0 Å². The van der Waals surface area contributed by atoms with Crippen LogP contribution in [0.5, 0.6) is 0 Å². The zero-order valence-corrected chi connectivity index (χ0v) is 16.9. The number of fused-ring (bicyclic) bond motifs is 1. The lowest BCUT2D eigenvalue weighted by Gasteiger charge is -2.36. The monoisotopic (exact) mass is 406 g/mol. The van der Waals surface area contributed by atoms with Gasteiger partial charge in [-0.05, 0) is 56.6 Å². The molecular weight excluding hydrogens is 380 g/mol. The van der Waals surface area contributed by atoms with Crippen molar-refractivity contribution < 1.29 is 9.90 Å². The summed E-state index contributed by atoms with van der Waals surface area (Å²) in [7, 11) is 0. The molecular formula is C22H26N6O2. The summed E-state index contributed by atoms with van der Waals surface area (Å²) in [6.45, 7) is 1.06. The van der Waals surface area contributed by atoms with Crippen LogP contribution < -0.4 is 10.2 Å². The summed E-state index contributed by atoms with van der Waals surface area (Å²) in [6, 6.07) is 5.64. The van der Waals surface area contributed by atoms with Crippen LogP contribution in [0.15, 0.2) is 36.8 Å². The number of hydrogen-bond acceptors (Lipinski definition) is 6. The average Bonchev–Trinajstić information content (AvgIpc) is 3.53. The highest BCUT2D eigenvalue weighted by atomic mass is 16.3. The van der Waals surface area contributed by atoms with Crippen LogP contribution in [0.4, 0.5) is 11.6 Å². The van der Waals surface area contributed by atoms with Crippen molar-refractivity contribution in [2.24, 2.45) is 0 Å². The predicted molar refractivity (Wildman–Crippen MR) is 114 cm³/mol. The first kappa shape index (κ1) is 19.0. The summed E-state index contributed by atoms with van der Waals surface area (Å²) in [5.74, 6) is 1.71. The number of nitrogens with zero attached hydrogens (tertiary/aromatic N) is 5. The highest BCUT2D eigenvalue weighted by Crippen LogP contribution is 2.42. The second kappa shape index (κ2) is 8.02. The van der Waals surface area contributed by atoms with Gasteiger partial charge in [0.15, 0.2) is 5.65 Å². The van der Waals surface area contributed by atoms with E-state index >= 15 is 0 Å². The Bertz CT molecular complexity index is 1040. The standard InChI is InChI=1S/C22H26N6O2/c29-11-8-17-5-1-2-10-27(17)19-12-20(26-22(30)16-4-3-9-23-13-16)28-21(25-19)18(14-24-28)15-6-7-15/h3-4,9,12-15,17,29H,1-2,5-8,10-11H2,(H,26,30). The van der Waals surface area contributed by atoms with E-state index in [9.17, 15) is 9.90 Å². The summed E-state index contributed by atoms with van der Waals surface area (Å²) >= 11 is 0. The molecule has 1 aliphatic heterocycles. The lowest BCUT2D eigenvalue weighted by molar-refractivity contribution is 0.102. The molecule has 1 amide bonds. The zero-order valence-electron chi connectivity index (χ0n) is 16.9. The van der Waals surface area contributed by atoms with Gasteiger partial charge in [0.05, 0.1) is 11.8 Å². The normalized spacial score (nSPS) is 19.2. The van der Waals surface area contributed by atoms with Crippen molar-refractivity contribution in [3.8, 4) is 0 Å². The number of piperidine rings is 1. The van der Waals surface area contributed by atoms with E-state index in [-0.39, 0.29) is 18.6 Å². The molecule has 0 aromatic carbocycles. The van der Waals surface area contributed by atoms with Gasteiger partial charge >= 0.3 is 0 Å². The molecule has 156 valence electrons. The minimum absolute atomic E-state index is 0.161. The first-order valence-corrected chi connectivity index (χ1v) is 10.7. The molecule has 2 fully saturated rings. The van der Waals surface area contributed by atoms with Gasteiger partial charge < -0.3 is 15.3 Å². The fraction of sp³-hybridized carbons (Fsp3) is 0.455. The smallest absolute Gasteiger partial charge is 0.258 e. The van der Waals surface area contributed by atoms with Crippen molar-refractivity contribution >= 4 is 23.2 Å². The van der Waals surface area contributed by atoms with Gasteiger partial charge in [-0.2, -0.15) is 9.61 Å². The highest BCUT2D eigenvalue weighted by Gasteiger charge is 2.30. The lowest BCUT2D eigenvalue weighted by atomic mass is 9.99. The second-order valence-electron chi connectivity index (χ2n) is 8.16. The molecule has 1 atom stereocenters. The molecule has 1 unspecified atom stereocenters. The minimum Gasteiger partial charge on any atom is -0.396 e. The Hall–Kier alpha value is -3.00. The average molecular weight is 406 g/mol. The minimum atomic E-state index is -0.226. The number of rotatable bonds is 6. The largest absolute Gasteiger partial charge is 0.396 e. The van der Waals surface area contributed by atoms with E-state index in [4.69, 9.17) is 4.98 Å². The fourth-order valence-corrected chi connectivity index (χ4v) is 4.32. The van der Waals surface area contributed by atoms with Crippen LogP contribution in [0, 0.1) is 0 Å². The van der Waals surface area contributed by atoms with Gasteiger partial charge in [-0.3, -0.25) is 9.78 Å². The van der Waals surface area contributed by atoms with Crippen molar-refractivity contribution in [1.29, 1.82) is 0 Å². The number of hydrogen-bond donors (Lipinski definition) is 2. The fourth-order valence-electron chi connectivity index (χ4n) is 4.32. The van der Waals surface area contributed by atoms with E-state index in [1.807, 2.05) is 12.3 Å². The number of aliphatic hydroxyl groups is 1. The summed E-state index contributed by atoms with van der Waals surface area (Å²) in [4.78, 5) is 24.1. The van der Waals surface area contributed by atoms with E-state index in [2.05, 4.69) is 20.3 Å². The molecule has 1 aliphatic carbocycles. The summed E-state index contributed by atoms with van der Waals surface area (Å²) in [5, 5.41) is 17.1. The molecule has 1 saturated heterocycles. The molecule has 1 saturated carbocycles. The van der Waals surface area contributed by atoms with E-state index in [1.54, 1.807) is 29.0 Å². The molecule has 30 heavy (non-hydrogen) atoms. The molecule has 8 heteroatoms. The van der Waals surface area contributed by atoms with Crippen LogP contribution >= 0.6 is 0 Å². The van der Waals surface area contributed by atoms with Gasteiger partial charge in [-0.1, -0.05) is 0 Å². The number of pyridine rings is 1. The molecule has 0 radical (unpaired) electrons. The van der Waals surface area contributed by atoms with Gasteiger partial charge in [0.2, 0.25) is 0 Å². The van der Waals surface area contributed by atoms with E-state index in [0.29, 0.717) is 17.3 Å². The number of aromatic nitrogens is 4. The second-order valence-corrected chi connectivity index (χ2v) is 8.16. The quantitative estimate of drug-likeness (QED) is 0.653. The highest BCUT2D eigenvalue weighted by molar-refractivity contribution is 6.03. The van der Waals surface area contributed by atoms with Crippen molar-refractivity contribution in [3.05, 3.63) is 47.9 Å². The van der Waals surface area contributed by atoms with Crippen LogP contribution in [-0.4, -0.2) is 49.8 Å². The Balaban J connectivity index is 1.56. The van der Waals surface area contributed by atoms with Crippen LogP contribution in [0.3, 0.4) is 0 Å². The molecule has 2 N–H and O–H groups in total. The summed E-state index contributed by atoms with van der Waals surface area (Å²) in [6.07, 6.45) is 11.4. The number of aliphatic hydroxyl groups excluding tert-OH is 1. The van der Waals surface area contributed by atoms with Gasteiger partial charge in [0.25, 0.3) is 5.91 Å². The SMILES string of the molecule is O=C(Nc1cc(N2CCCCC2CCO)nc2c(C3CC3)cnn12)c1cccnc1. The first-order chi connectivity index (χ1) is 14.7. The van der Waals surface area contributed by atoms with Gasteiger partial charge in [0, 0.05) is 43.2 Å². The summed E-state index contributed by atoms with van der Waals surface area (Å²) < 4.78 is 1.73. The number of nitrogens with one attached hydrogen (secondary N) is 1. The van der Waals surface area contributed by atoms with Crippen LogP contribution in [-0.2, 0) is 0 Å². The first-order valence-electron chi connectivity index (χ1n) is 10.7. The summed E-state index contributed by atoms with van der Waals surface area (Å²) in [5.41, 5.74) is 2.45. The van der Waals surface area contributed by atoms with E-state index in [1.165, 1.54) is 0 Å². The molecule has 5 rings (SSSR count). The maximum absolute atomic E-state index is 12.8. The van der Waals surface area contributed by atoms with Crippen molar-refractivity contribution in [1.82, 2.24) is 19.6 Å². The van der Waals surface area contributed by atoms with Crippen molar-refractivity contribution in [3.63, 3.8) is 0 Å². The molecule has 4 heterocycles. The van der Waals surface area contributed by atoms with Gasteiger partial charge in [0.1, 0.15) is 11.6 Å². The molecule has 0 spiro atoms. The maximum Gasteiger partial charge on any atom is 0.258 e. The third kappa shape index (κ3) is 3.63. The van der Waals surface area contributed by atoms with Crippen LogP contribution in [0.1, 0.15) is 60.4 Å².